The summed E-state index contributed by atoms with van der Waals surface area (Å²) in [6, 6.07) is 3.64. The summed E-state index contributed by atoms with van der Waals surface area (Å²) in [4.78, 5) is 7.42. The number of nitrogens with two attached hydrogens (primary N) is 1. The van der Waals surface area contributed by atoms with Crippen LogP contribution in [0.25, 0.3) is 11.0 Å². The Labute approximate surface area is 84.7 Å². The first-order valence-corrected chi connectivity index (χ1v) is 5.30. The second-order valence-electron chi connectivity index (χ2n) is 2.60. The van der Waals surface area contributed by atoms with Crippen molar-refractivity contribution >= 4 is 40.1 Å². The van der Waals surface area contributed by atoms with Crippen LogP contribution in [0, 0.1) is 0 Å². The number of halogens is 1. The molecular weight excluding hydrogens is 206 g/mol. The molecule has 5 heteroatoms. The van der Waals surface area contributed by atoms with E-state index in [1.165, 1.54) is 0 Å². The number of benzene rings is 1. The van der Waals surface area contributed by atoms with Gasteiger partial charge >= 0.3 is 0 Å². The molecular formula is C8H8ClN3S. The maximum absolute atomic E-state index is 5.85. The van der Waals surface area contributed by atoms with Crippen molar-refractivity contribution in [2.45, 2.75) is 5.16 Å². The van der Waals surface area contributed by atoms with Gasteiger partial charge in [0.25, 0.3) is 0 Å². The lowest BCUT2D eigenvalue weighted by atomic mass is 10.3. The Hall–Kier alpha value is -0.870. The zero-order valence-corrected chi connectivity index (χ0v) is 8.54. The number of nitrogen functional groups attached to an aromatic ring is 1. The maximum atomic E-state index is 5.85. The van der Waals surface area contributed by atoms with Crippen LogP contribution in [0.5, 0.6) is 0 Å². The summed E-state index contributed by atoms with van der Waals surface area (Å²) in [5, 5.41) is 1.40. The fourth-order valence-electron chi connectivity index (χ4n) is 1.15. The molecule has 0 aliphatic heterocycles. The number of hydrogen-bond donors (Lipinski definition) is 2. The molecule has 0 saturated heterocycles. The van der Waals surface area contributed by atoms with Crippen LogP contribution < -0.4 is 5.73 Å². The molecule has 0 saturated carbocycles. The van der Waals surface area contributed by atoms with Crippen molar-refractivity contribution in [2.75, 3.05) is 12.0 Å². The first kappa shape index (κ1) is 8.72. The molecule has 0 unspecified atom stereocenters. The van der Waals surface area contributed by atoms with Gasteiger partial charge in [-0.05, 0) is 18.4 Å². The van der Waals surface area contributed by atoms with E-state index in [0.29, 0.717) is 10.7 Å². The van der Waals surface area contributed by atoms with Gasteiger partial charge < -0.3 is 10.7 Å². The largest absolute Gasteiger partial charge is 0.396 e. The number of thioether (sulfide) groups is 1. The van der Waals surface area contributed by atoms with Crippen molar-refractivity contribution in [3.63, 3.8) is 0 Å². The molecule has 3 nitrogen and oxygen atoms in total. The lowest BCUT2D eigenvalue weighted by molar-refractivity contribution is 1.09. The van der Waals surface area contributed by atoms with E-state index >= 15 is 0 Å². The minimum atomic E-state index is 0.538. The molecule has 0 aliphatic rings. The third-order valence-electron chi connectivity index (χ3n) is 1.81. The second-order valence-corrected chi connectivity index (χ2v) is 3.81. The number of H-pyrrole nitrogens is 1. The third-order valence-corrected chi connectivity index (χ3v) is 2.72. The summed E-state index contributed by atoms with van der Waals surface area (Å²) in [6.45, 7) is 0. The number of nitrogens with zero attached hydrogens (tertiary/aromatic N) is 1. The Bertz CT molecular complexity index is 452. The van der Waals surface area contributed by atoms with Crippen LogP contribution in [0.15, 0.2) is 17.3 Å². The number of nitrogens with one attached hydrogen (secondary N) is 1. The number of anilines is 1. The van der Waals surface area contributed by atoms with Crippen molar-refractivity contribution < 1.29 is 0 Å². The van der Waals surface area contributed by atoms with Crippen molar-refractivity contribution in [2.24, 2.45) is 0 Å². The molecule has 2 aromatic rings. The van der Waals surface area contributed by atoms with Crippen molar-refractivity contribution in [3.05, 3.63) is 17.2 Å². The Balaban J connectivity index is 2.76. The highest BCUT2D eigenvalue weighted by Gasteiger charge is 2.07. The van der Waals surface area contributed by atoms with E-state index in [4.69, 9.17) is 17.3 Å². The molecule has 0 radical (unpaired) electrons. The molecule has 1 aromatic carbocycles. The van der Waals surface area contributed by atoms with Crippen LogP contribution >= 0.6 is 23.4 Å². The summed E-state index contributed by atoms with van der Waals surface area (Å²) < 4.78 is 0. The molecule has 0 fully saturated rings. The number of imidazole rings is 1. The predicted octanol–water partition coefficient (Wildman–Crippen LogP) is 2.52. The predicted molar refractivity (Wildman–Crippen MR) is 57.3 cm³/mol. The first-order valence-electron chi connectivity index (χ1n) is 3.70. The highest BCUT2D eigenvalue weighted by molar-refractivity contribution is 7.98. The average Bonchev–Trinajstić information content (AvgIpc) is 2.55. The van der Waals surface area contributed by atoms with E-state index in [0.717, 1.165) is 16.2 Å². The van der Waals surface area contributed by atoms with Gasteiger partial charge in [-0.3, -0.25) is 0 Å². The fourth-order valence-corrected chi connectivity index (χ4v) is 1.69. The monoisotopic (exact) mass is 213 g/mol. The maximum Gasteiger partial charge on any atom is 0.166 e. The number of rotatable bonds is 1. The smallest absolute Gasteiger partial charge is 0.166 e. The van der Waals surface area contributed by atoms with Crippen LogP contribution in [-0.4, -0.2) is 16.2 Å². The van der Waals surface area contributed by atoms with Crippen molar-refractivity contribution in [1.29, 1.82) is 0 Å². The Morgan fingerprint density at radius 1 is 1.54 bits per heavy atom. The fraction of sp³-hybridized carbons (Fsp3) is 0.125. The van der Waals surface area contributed by atoms with Gasteiger partial charge in [-0.15, -0.1) is 0 Å². The minimum Gasteiger partial charge on any atom is -0.396 e. The summed E-state index contributed by atoms with van der Waals surface area (Å²) in [7, 11) is 0. The standard InChI is InChI=1S/C8H8ClN3S/c1-13-8-11-5-3-2-4(9)6(10)7(5)12-8/h2-3H,10H2,1H3,(H,11,12). The molecule has 0 atom stereocenters. The quantitative estimate of drug-likeness (QED) is 0.566. The van der Waals surface area contributed by atoms with E-state index in [1.54, 1.807) is 17.8 Å². The Kier molecular flexibility index (Phi) is 2.09. The summed E-state index contributed by atoms with van der Waals surface area (Å²) in [5.41, 5.74) is 7.97. The molecule has 3 N–H and O–H groups in total. The third kappa shape index (κ3) is 1.36. The van der Waals surface area contributed by atoms with Crippen LogP contribution in [0.2, 0.25) is 5.02 Å². The van der Waals surface area contributed by atoms with E-state index < -0.39 is 0 Å². The molecule has 1 heterocycles. The van der Waals surface area contributed by atoms with Crippen molar-refractivity contribution in [1.82, 2.24) is 9.97 Å². The molecule has 0 aliphatic carbocycles. The van der Waals surface area contributed by atoms with Gasteiger partial charge in [0.2, 0.25) is 0 Å². The number of fused-ring (bicyclic) bond motifs is 1. The lowest BCUT2D eigenvalue weighted by Crippen LogP contribution is -1.87. The molecule has 0 bridgehead atoms. The molecule has 2 rings (SSSR count). The topological polar surface area (TPSA) is 54.7 Å². The van der Waals surface area contributed by atoms with Gasteiger partial charge in [0, 0.05) is 0 Å². The second kappa shape index (κ2) is 3.12. The van der Waals surface area contributed by atoms with Gasteiger partial charge in [-0.2, -0.15) is 0 Å². The molecule has 1 aromatic heterocycles. The molecule has 68 valence electrons. The van der Waals surface area contributed by atoms with Gasteiger partial charge in [0.05, 0.1) is 16.2 Å². The first-order chi connectivity index (χ1) is 6.22. The van der Waals surface area contributed by atoms with Crippen molar-refractivity contribution in [3.8, 4) is 0 Å². The van der Waals surface area contributed by atoms with E-state index in [1.807, 2.05) is 12.3 Å². The Morgan fingerprint density at radius 2 is 2.31 bits per heavy atom. The van der Waals surface area contributed by atoms with E-state index in [2.05, 4.69) is 9.97 Å². The van der Waals surface area contributed by atoms with Crippen LogP contribution in [0.4, 0.5) is 5.69 Å². The highest BCUT2D eigenvalue weighted by Crippen LogP contribution is 2.28. The zero-order chi connectivity index (χ0) is 9.42. The van der Waals surface area contributed by atoms with Crippen LogP contribution in [-0.2, 0) is 0 Å². The van der Waals surface area contributed by atoms with Crippen LogP contribution in [0.1, 0.15) is 0 Å². The summed E-state index contributed by atoms with van der Waals surface area (Å²) in [5.74, 6) is 0. The number of aromatic nitrogens is 2. The summed E-state index contributed by atoms with van der Waals surface area (Å²) in [6.07, 6.45) is 1.95. The molecule has 13 heavy (non-hydrogen) atoms. The van der Waals surface area contributed by atoms with Gasteiger partial charge in [-0.25, -0.2) is 4.98 Å². The van der Waals surface area contributed by atoms with Gasteiger partial charge in [0.1, 0.15) is 5.52 Å². The zero-order valence-electron chi connectivity index (χ0n) is 6.97. The SMILES string of the molecule is CSc1nc2c(N)c(Cl)ccc2[nH]1. The normalized spacial score (nSPS) is 10.9. The average molecular weight is 214 g/mol. The molecule has 0 amide bonds. The van der Waals surface area contributed by atoms with Gasteiger partial charge in [-0.1, -0.05) is 23.4 Å². The Morgan fingerprint density at radius 3 is 3.00 bits per heavy atom. The minimum absolute atomic E-state index is 0.538. The van der Waals surface area contributed by atoms with E-state index in [9.17, 15) is 0 Å². The summed E-state index contributed by atoms with van der Waals surface area (Å²) >= 11 is 7.40. The van der Waals surface area contributed by atoms with Gasteiger partial charge in [0.15, 0.2) is 5.16 Å². The van der Waals surface area contributed by atoms with E-state index in [-0.39, 0.29) is 0 Å². The molecule has 0 spiro atoms. The lowest BCUT2D eigenvalue weighted by Gasteiger charge is -1.96. The number of hydrogen-bond acceptors (Lipinski definition) is 3. The number of aromatic amines is 1. The van der Waals surface area contributed by atoms with Crippen LogP contribution in [0.3, 0.4) is 0 Å². The highest BCUT2D eigenvalue weighted by atomic mass is 35.5.